The van der Waals surface area contributed by atoms with Gasteiger partial charge in [-0.25, -0.2) is 4.79 Å². The van der Waals surface area contributed by atoms with Crippen LogP contribution in [-0.2, 0) is 16.1 Å². The Labute approximate surface area is 144 Å². The summed E-state index contributed by atoms with van der Waals surface area (Å²) in [5, 5.41) is 6.37. The molecule has 132 valence electrons. The van der Waals surface area contributed by atoms with Gasteiger partial charge in [0, 0.05) is 13.0 Å². The maximum absolute atomic E-state index is 12.1. The first-order valence-electron chi connectivity index (χ1n) is 8.83. The van der Waals surface area contributed by atoms with Gasteiger partial charge in [-0.2, -0.15) is 0 Å². The molecule has 1 aliphatic heterocycles. The number of piperidine rings is 1. The smallest absolute Gasteiger partial charge is 0.338 e. The number of ether oxygens (including phenoxy) is 1. The molecule has 5 heteroatoms. The Morgan fingerprint density at radius 1 is 1.33 bits per heavy atom. The molecule has 2 unspecified atom stereocenters. The van der Waals surface area contributed by atoms with Gasteiger partial charge in [-0.3, -0.25) is 4.79 Å². The van der Waals surface area contributed by atoms with Crippen molar-refractivity contribution in [2.75, 3.05) is 19.7 Å². The maximum Gasteiger partial charge on any atom is 0.338 e. The summed E-state index contributed by atoms with van der Waals surface area (Å²) in [6, 6.07) is 7.16. The summed E-state index contributed by atoms with van der Waals surface area (Å²) in [6.45, 7) is 6.90. The summed E-state index contributed by atoms with van der Waals surface area (Å²) < 4.78 is 4.95. The number of nitrogens with one attached hydrogen (secondary N) is 2. The van der Waals surface area contributed by atoms with Crippen molar-refractivity contribution in [3.63, 3.8) is 0 Å². The van der Waals surface area contributed by atoms with E-state index in [9.17, 15) is 9.59 Å². The predicted octanol–water partition coefficient (Wildman–Crippen LogP) is 2.51. The van der Waals surface area contributed by atoms with E-state index in [4.69, 9.17) is 4.74 Å². The van der Waals surface area contributed by atoms with Crippen LogP contribution in [0.25, 0.3) is 0 Å². The van der Waals surface area contributed by atoms with Crippen molar-refractivity contribution in [1.82, 2.24) is 10.6 Å². The molecule has 2 N–H and O–H groups in total. The van der Waals surface area contributed by atoms with Crippen LogP contribution in [0, 0.1) is 11.8 Å². The minimum Gasteiger partial charge on any atom is -0.462 e. The van der Waals surface area contributed by atoms with E-state index in [1.165, 1.54) is 12.8 Å². The fraction of sp³-hybridized carbons (Fsp3) is 0.579. The van der Waals surface area contributed by atoms with Crippen LogP contribution in [0.15, 0.2) is 24.3 Å². The highest BCUT2D eigenvalue weighted by Gasteiger charge is 2.21. The van der Waals surface area contributed by atoms with Crippen LogP contribution in [-0.4, -0.2) is 31.6 Å². The molecule has 1 saturated heterocycles. The number of rotatable bonds is 7. The van der Waals surface area contributed by atoms with Gasteiger partial charge in [0.2, 0.25) is 5.91 Å². The molecule has 1 aliphatic rings. The SMILES string of the molecule is CCOC(=O)c1ccc(CNC(=O)CC(C)C2CCCNC2)cc1. The van der Waals surface area contributed by atoms with Crippen molar-refractivity contribution in [3.8, 4) is 0 Å². The molecule has 0 bridgehead atoms. The monoisotopic (exact) mass is 332 g/mol. The van der Waals surface area contributed by atoms with Crippen molar-refractivity contribution in [3.05, 3.63) is 35.4 Å². The second kappa shape index (κ2) is 9.42. The lowest BCUT2D eigenvalue weighted by molar-refractivity contribution is -0.122. The molecule has 0 saturated carbocycles. The maximum atomic E-state index is 12.1. The van der Waals surface area contributed by atoms with Crippen LogP contribution in [0.2, 0.25) is 0 Å². The van der Waals surface area contributed by atoms with Gasteiger partial charge in [0.25, 0.3) is 0 Å². The van der Waals surface area contributed by atoms with E-state index in [0.29, 0.717) is 37.0 Å². The third kappa shape index (κ3) is 5.64. The molecule has 1 fully saturated rings. The van der Waals surface area contributed by atoms with Crippen LogP contribution in [0.4, 0.5) is 0 Å². The van der Waals surface area contributed by atoms with Crippen LogP contribution >= 0.6 is 0 Å². The highest BCUT2D eigenvalue weighted by molar-refractivity contribution is 5.89. The normalized spacial score (nSPS) is 18.7. The van der Waals surface area contributed by atoms with Crippen LogP contribution in [0.5, 0.6) is 0 Å². The summed E-state index contributed by atoms with van der Waals surface area (Å²) in [6.07, 6.45) is 2.97. The number of benzene rings is 1. The van der Waals surface area contributed by atoms with Gasteiger partial charge in [0.1, 0.15) is 0 Å². The van der Waals surface area contributed by atoms with E-state index in [2.05, 4.69) is 17.6 Å². The zero-order valence-corrected chi connectivity index (χ0v) is 14.6. The molecule has 24 heavy (non-hydrogen) atoms. The zero-order valence-electron chi connectivity index (χ0n) is 14.6. The predicted molar refractivity (Wildman–Crippen MR) is 93.6 cm³/mol. The number of esters is 1. The third-order valence-electron chi connectivity index (χ3n) is 4.60. The van der Waals surface area contributed by atoms with E-state index in [1.54, 1.807) is 19.1 Å². The van der Waals surface area contributed by atoms with Gasteiger partial charge in [0.15, 0.2) is 0 Å². The lowest BCUT2D eigenvalue weighted by atomic mass is 9.85. The third-order valence-corrected chi connectivity index (χ3v) is 4.60. The molecule has 1 aromatic carbocycles. The van der Waals surface area contributed by atoms with Crippen molar-refractivity contribution < 1.29 is 14.3 Å². The first kappa shape index (κ1) is 18.5. The first-order chi connectivity index (χ1) is 11.6. The Morgan fingerprint density at radius 3 is 2.71 bits per heavy atom. The van der Waals surface area contributed by atoms with Gasteiger partial charge >= 0.3 is 5.97 Å². The summed E-state index contributed by atoms with van der Waals surface area (Å²) >= 11 is 0. The van der Waals surface area contributed by atoms with E-state index >= 15 is 0 Å². The summed E-state index contributed by atoms with van der Waals surface area (Å²) in [7, 11) is 0. The minimum absolute atomic E-state index is 0.0857. The molecule has 2 atom stereocenters. The standard InChI is InChI=1S/C19H28N2O3/c1-3-24-19(23)16-8-6-15(7-9-16)12-21-18(22)11-14(2)17-5-4-10-20-13-17/h6-9,14,17,20H,3-5,10-13H2,1-2H3,(H,21,22). The van der Waals surface area contributed by atoms with Crippen molar-refractivity contribution in [1.29, 1.82) is 0 Å². The van der Waals surface area contributed by atoms with E-state index in [-0.39, 0.29) is 11.9 Å². The lowest BCUT2D eigenvalue weighted by Crippen LogP contribution is -2.35. The molecular formula is C19H28N2O3. The number of hydrogen-bond acceptors (Lipinski definition) is 4. The molecule has 0 radical (unpaired) electrons. The molecule has 2 rings (SSSR count). The first-order valence-corrected chi connectivity index (χ1v) is 8.83. The molecule has 1 amide bonds. The van der Waals surface area contributed by atoms with Crippen LogP contribution < -0.4 is 10.6 Å². The van der Waals surface area contributed by atoms with Gasteiger partial charge < -0.3 is 15.4 Å². The number of carbonyl (C=O) groups excluding carboxylic acids is 2. The Morgan fingerprint density at radius 2 is 2.08 bits per heavy atom. The van der Waals surface area contributed by atoms with Crippen molar-refractivity contribution in [2.45, 2.75) is 39.7 Å². The molecule has 1 aromatic rings. The summed E-state index contributed by atoms with van der Waals surface area (Å²) in [5.41, 5.74) is 1.51. The van der Waals surface area contributed by atoms with Gasteiger partial charge in [-0.15, -0.1) is 0 Å². The fourth-order valence-electron chi connectivity index (χ4n) is 3.07. The fourth-order valence-corrected chi connectivity index (χ4v) is 3.07. The highest BCUT2D eigenvalue weighted by atomic mass is 16.5. The largest absolute Gasteiger partial charge is 0.462 e. The number of hydrogen-bond donors (Lipinski definition) is 2. The molecule has 0 spiro atoms. The van der Waals surface area contributed by atoms with E-state index in [0.717, 1.165) is 18.7 Å². The van der Waals surface area contributed by atoms with Gasteiger partial charge in [0.05, 0.1) is 12.2 Å². The molecular weight excluding hydrogens is 304 g/mol. The van der Waals surface area contributed by atoms with Crippen LogP contribution in [0.1, 0.15) is 49.0 Å². The minimum atomic E-state index is -0.317. The average molecular weight is 332 g/mol. The number of amides is 1. The van der Waals surface area contributed by atoms with Crippen molar-refractivity contribution >= 4 is 11.9 Å². The second-order valence-corrected chi connectivity index (χ2v) is 6.48. The second-order valence-electron chi connectivity index (χ2n) is 6.48. The van der Waals surface area contributed by atoms with E-state index in [1.807, 2.05) is 12.1 Å². The highest BCUT2D eigenvalue weighted by Crippen LogP contribution is 2.22. The topological polar surface area (TPSA) is 67.4 Å². The zero-order chi connectivity index (χ0) is 17.4. The molecule has 0 aliphatic carbocycles. The van der Waals surface area contributed by atoms with Crippen molar-refractivity contribution in [2.24, 2.45) is 11.8 Å². The lowest BCUT2D eigenvalue weighted by Gasteiger charge is -2.28. The average Bonchev–Trinajstić information content (AvgIpc) is 2.61. The van der Waals surface area contributed by atoms with Crippen LogP contribution in [0.3, 0.4) is 0 Å². The Balaban J connectivity index is 1.75. The van der Waals surface area contributed by atoms with Gasteiger partial charge in [-0.05, 0) is 62.4 Å². The van der Waals surface area contributed by atoms with E-state index < -0.39 is 0 Å². The quantitative estimate of drug-likeness (QED) is 0.753. The molecule has 5 nitrogen and oxygen atoms in total. The summed E-state index contributed by atoms with van der Waals surface area (Å²) in [4.78, 5) is 23.7. The number of carbonyl (C=O) groups is 2. The summed E-state index contributed by atoms with van der Waals surface area (Å²) in [5.74, 6) is 0.753. The Hall–Kier alpha value is -1.88. The molecule has 0 aromatic heterocycles. The Bertz CT molecular complexity index is 536. The Kier molecular flexibility index (Phi) is 7.25. The van der Waals surface area contributed by atoms with Gasteiger partial charge in [-0.1, -0.05) is 19.1 Å². The molecule has 1 heterocycles.